The lowest BCUT2D eigenvalue weighted by atomic mass is 10.0. The van der Waals surface area contributed by atoms with Gasteiger partial charge in [0.05, 0.1) is 13.7 Å². The first-order chi connectivity index (χ1) is 13.4. The minimum atomic E-state index is -3.71. The third-order valence-corrected chi connectivity index (χ3v) is 5.69. The molecule has 0 atom stereocenters. The number of sulfonamides is 1. The summed E-state index contributed by atoms with van der Waals surface area (Å²) < 4.78 is 32.0. The predicted octanol–water partition coefficient (Wildman–Crippen LogP) is 2.87. The minimum Gasteiger partial charge on any atom is -0.497 e. The number of carbonyl (C=O) groups is 1. The molecular weight excluding hydrogens is 376 g/mol. The summed E-state index contributed by atoms with van der Waals surface area (Å²) in [6, 6.07) is 13.1. The number of anilines is 1. The van der Waals surface area contributed by atoms with Crippen LogP contribution in [-0.2, 0) is 21.2 Å². The Kier molecular flexibility index (Phi) is 6.16. The molecule has 148 valence electrons. The molecule has 0 fully saturated rings. The SMILES string of the molecule is COc1ccc2c(c1)CCCN2C(=O)CNS(=O)(=O)/C=C/c1ccc(C)cc1. The molecule has 1 N–H and O–H groups in total. The highest BCUT2D eigenvalue weighted by molar-refractivity contribution is 7.92. The van der Waals surface area contributed by atoms with Crippen molar-refractivity contribution in [3.8, 4) is 5.75 Å². The molecule has 0 aromatic heterocycles. The van der Waals surface area contributed by atoms with Crippen molar-refractivity contribution in [1.82, 2.24) is 4.72 Å². The smallest absolute Gasteiger partial charge is 0.242 e. The first kappa shape index (κ1) is 20.1. The van der Waals surface area contributed by atoms with Crippen LogP contribution in [0.25, 0.3) is 6.08 Å². The molecule has 0 saturated carbocycles. The van der Waals surface area contributed by atoms with E-state index < -0.39 is 10.0 Å². The number of hydrogen-bond acceptors (Lipinski definition) is 4. The number of fused-ring (bicyclic) bond motifs is 1. The Hall–Kier alpha value is -2.64. The van der Waals surface area contributed by atoms with Crippen LogP contribution in [-0.4, -0.2) is 34.5 Å². The molecule has 1 amide bonds. The van der Waals surface area contributed by atoms with E-state index in [1.807, 2.05) is 43.3 Å². The molecule has 0 unspecified atom stereocenters. The van der Waals surface area contributed by atoms with Crippen LogP contribution in [0.5, 0.6) is 5.75 Å². The molecule has 2 aromatic carbocycles. The number of benzene rings is 2. The van der Waals surface area contributed by atoms with Gasteiger partial charge in [0, 0.05) is 17.6 Å². The Morgan fingerprint density at radius 3 is 2.68 bits per heavy atom. The third-order valence-electron chi connectivity index (χ3n) is 4.65. The summed E-state index contributed by atoms with van der Waals surface area (Å²) in [6.45, 7) is 2.25. The van der Waals surface area contributed by atoms with E-state index in [0.717, 1.165) is 46.4 Å². The van der Waals surface area contributed by atoms with E-state index in [0.29, 0.717) is 6.54 Å². The zero-order valence-electron chi connectivity index (χ0n) is 16.0. The highest BCUT2D eigenvalue weighted by Crippen LogP contribution is 2.30. The fourth-order valence-corrected chi connectivity index (χ4v) is 3.87. The van der Waals surface area contributed by atoms with Crippen molar-refractivity contribution in [1.29, 1.82) is 0 Å². The van der Waals surface area contributed by atoms with Crippen LogP contribution >= 0.6 is 0 Å². The molecule has 0 saturated heterocycles. The molecule has 28 heavy (non-hydrogen) atoms. The highest BCUT2D eigenvalue weighted by Gasteiger charge is 2.23. The van der Waals surface area contributed by atoms with E-state index in [1.54, 1.807) is 18.1 Å². The lowest BCUT2D eigenvalue weighted by molar-refractivity contribution is -0.117. The molecule has 0 aliphatic carbocycles. The fraction of sp³-hybridized carbons (Fsp3) is 0.286. The molecule has 0 bridgehead atoms. The first-order valence-electron chi connectivity index (χ1n) is 9.10. The zero-order valence-corrected chi connectivity index (χ0v) is 16.8. The number of hydrogen-bond donors (Lipinski definition) is 1. The number of nitrogens with one attached hydrogen (secondary N) is 1. The largest absolute Gasteiger partial charge is 0.497 e. The second-order valence-electron chi connectivity index (χ2n) is 6.72. The van der Waals surface area contributed by atoms with E-state index in [4.69, 9.17) is 4.74 Å². The van der Waals surface area contributed by atoms with Crippen LogP contribution in [0.4, 0.5) is 5.69 Å². The maximum Gasteiger partial charge on any atom is 0.242 e. The van der Waals surface area contributed by atoms with Gasteiger partial charge in [-0.25, -0.2) is 13.1 Å². The van der Waals surface area contributed by atoms with E-state index in [9.17, 15) is 13.2 Å². The van der Waals surface area contributed by atoms with Gasteiger partial charge in [-0.3, -0.25) is 4.79 Å². The number of nitrogens with zero attached hydrogens (tertiary/aromatic N) is 1. The number of methoxy groups -OCH3 is 1. The van der Waals surface area contributed by atoms with E-state index in [-0.39, 0.29) is 12.5 Å². The van der Waals surface area contributed by atoms with Crippen molar-refractivity contribution in [2.75, 3.05) is 25.1 Å². The fourth-order valence-electron chi connectivity index (χ4n) is 3.11. The first-order valence-corrected chi connectivity index (χ1v) is 10.6. The van der Waals surface area contributed by atoms with Gasteiger partial charge < -0.3 is 9.64 Å². The second kappa shape index (κ2) is 8.58. The molecule has 1 aliphatic heterocycles. The number of ether oxygens (including phenoxy) is 1. The summed E-state index contributed by atoms with van der Waals surface area (Å²) in [6.07, 6.45) is 3.20. The van der Waals surface area contributed by atoms with E-state index >= 15 is 0 Å². The third kappa shape index (κ3) is 4.99. The van der Waals surface area contributed by atoms with Crippen molar-refractivity contribution in [3.63, 3.8) is 0 Å². The van der Waals surface area contributed by atoms with Crippen LogP contribution in [0, 0.1) is 6.92 Å². The van der Waals surface area contributed by atoms with Gasteiger partial charge in [0.2, 0.25) is 15.9 Å². The van der Waals surface area contributed by atoms with Gasteiger partial charge in [-0.1, -0.05) is 29.8 Å². The molecule has 3 rings (SSSR count). The van der Waals surface area contributed by atoms with Crippen molar-refractivity contribution >= 4 is 27.7 Å². The number of carbonyl (C=O) groups excluding carboxylic acids is 1. The molecule has 6 nitrogen and oxygen atoms in total. The molecule has 1 aliphatic rings. The second-order valence-corrected chi connectivity index (χ2v) is 8.37. The Balaban J connectivity index is 1.64. The molecule has 0 spiro atoms. The summed E-state index contributed by atoms with van der Waals surface area (Å²) in [7, 11) is -2.11. The number of aryl methyl sites for hydroxylation is 2. The normalized spacial score (nSPS) is 14.1. The maximum atomic E-state index is 12.6. The highest BCUT2D eigenvalue weighted by atomic mass is 32.2. The average molecular weight is 401 g/mol. The zero-order chi connectivity index (χ0) is 20.1. The van der Waals surface area contributed by atoms with Crippen LogP contribution in [0.2, 0.25) is 0 Å². The Labute approximate surface area is 165 Å². The van der Waals surface area contributed by atoms with Gasteiger partial charge in [-0.05, 0) is 55.2 Å². The topological polar surface area (TPSA) is 75.7 Å². The maximum absolute atomic E-state index is 12.6. The molecule has 0 radical (unpaired) electrons. The minimum absolute atomic E-state index is 0.279. The van der Waals surface area contributed by atoms with Crippen molar-refractivity contribution in [2.45, 2.75) is 19.8 Å². The predicted molar refractivity (Wildman–Crippen MR) is 111 cm³/mol. The Morgan fingerprint density at radius 2 is 1.96 bits per heavy atom. The van der Waals surface area contributed by atoms with Crippen LogP contribution in [0.3, 0.4) is 0 Å². The van der Waals surface area contributed by atoms with Gasteiger partial charge in [-0.2, -0.15) is 0 Å². The average Bonchev–Trinajstić information content (AvgIpc) is 2.71. The Bertz CT molecular complexity index is 982. The van der Waals surface area contributed by atoms with Crippen molar-refractivity contribution < 1.29 is 17.9 Å². The summed E-state index contributed by atoms with van der Waals surface area (Å²) in [4.78, 5) is 14.2. The van der Waals surface area contributed by atoms with Crippen molar-refractivity contribution in [2.24, 2.45) is 0 Å². The monoisotopic (exact) mass is 400 g/mol. The standard InChI is InChI=1S/C21H24N2O4S/c1-16-5-7-17(8-6-16)11-13-28(25,26)22-15-21(24)23-12-3-4-18-14-19(27-2)9-10-20(18)23/h5-11,13-14,22H,3-4,12,15H2,1-2H3/b13-11+. The van der Waals surface area contributed by atoms with Crippen LogP contribution in [0.1, 0.15) is 23.1 Å². The summed E-state index contributed by atoms with van der Waals surface area (Å²) in [5.74, 6) is 0.466. The van der Waals surface area contributed by atoms with Gasteiger partial charge in [0.25, 0.3) is 0 Å². The van der Waals surface area contributed by atoms with Gasteiger partial charge in [-0.15, -0.1) is 0 Å². The number of rotatable bonds is 6. The van der Waals surface area contributed by atoms with Crippen molar-refractivity contribution in [3.05, 3.63) is 64.6 Å². The lowest BCUT2D eigenvalue weighted by Crippen LogP contribution is -2.42. The van der Waals surface area contributed by atoms with E-state index in [2.05, 4.69) is 4.72 Å². The van der Waals surface area contributed by atoms with Crippen LogP contribution < -0.4 is 14.4 Å². The summed E-state index contributed by atoms with van der Waals surface area (Å²) in [5.41, 5.74) is 3.72. The quantitative estimate of drug-likeness (QED) is 0.809. The van der Waals surface area contributed by atoms with Gasteiger partial charge >= 0.3 is 0 Å². The molecule has 7 heteroatoms. The molecule has 1 heterocycles. The molecular formula is C21H24N2O4S. The lowest BCUT2D eigenvalue weighted by Gasteiger charge is -2.29. The van der Waals surface area contributed by atoms with E-state index in [1.165, 1.54) is 6.08 Å². The van der Waals surface area contributed by atoms with Gasteiger partial charge in [0.15, 0.2) is 0 Å². The van der Waals surface area contributed by atoms with Crippen LogP contribution in [0.15, 0.2) is 47.9 Å². The number of amides is 1. The summed E-state index contributed by atoms with van der Waals surface area (Å²) in [5, 5.41) is 1.08. The summed E-state index contributed by atoms with van der Waals surface area (Å²) >= 11 is 0. The molecule has 2 aromatic rings. The van der Waals surface area contributed by atoms with Gasteiger partial charge in [0.1, 0.15) is 5.75 Å². The Morgan fingerprint density at radius 1 is 1.21 bits per heavy atom.